The molecule has 0 saturated heterocycles. The quantitative estimate of drug-likeness (QED) is 0.865. The standard InChI is InChI=1S/C12H7BrClF2NO2S/c13-10-5-8(15)6-11(16)12(10)20(18,19)17-9-3-1-7(14)2-4-9/h1-6,17H. The van der Waals surface area contributed by atoms with Gasteiger partial charge < -0.3 is 0 Å². The van der Waals surface area contributed by atoms with Crippen LogP contribution >= 0.6 is 27.5 Å². The van der Waals surface area contributed by atoms with Crippen LogP contribution in [0.25, 0.3) is 0 Å². The van der Waals surface area contributed by atoms with Crippen LogP contribution < -0.4 is 4.72 Å². The highest BCUT2D eigenvalue weighted by Crippen LogP contribution is 2.28. The molecular weight excluding hydrogens is 376 g/mol. The van der Waals surface area contributed by atoms with Gasteiger partial charge >= 0.3 is 0 Å². The number of hydrogen-bond acceptors (Lipinski definition) is 2. The molecule has 20 heavy (non-hydrogen) atoms. The van der Waals surface area contributed by atoms with Crippen molar-refractivity contribution in [1.82, 2.24) is 0 Å². The van der Waals surface area contributed by atoms with Gasteiger partial charge in [0.25, 0.3) is 10.0 Å². The van der Waals surface area contributed by atoms with Gasteiger partial charge in [-0.1, -0.05) is 11.6 Å². The third-order valence-corrected chi connectivity index (χ3v) is 4.92. The number of rotatable bonds is 3. The highest BCUT2D eigenvalue weighted by Gasteiger charge is 2.23. The first-order valence-electron chi connectivity index (χ1n) is 5.22. The first-order chi connectivity index (χ1) is 9.29. The highest BCUT2D eigenvalue weighted by atomic mass is 79.9. The van der Waals surface area contributed by atoms with Crippen LogP contribution in [0, 0.1) is 11.6 Å². The molecule has 0 aliphatic carbocycles. The molecule has 0 spiro atoms. The maximum absolute atomic E-state index is 13.7. The van der Waals surface area contributed by atoms with Crippen LogP contribution in [0.3, 0.4) is 0 Å². The van der Waals surface area contributed by atoms with E-state index >= 15 is 0 Å². The predicted octanol–water partition coefficient (Wildman–Crippen LogP) is 4.18. The first kappa shape index (κ1) is 15.2. The summed E-state index contributed by atoms with van der Waals surface area (Å²) in [5, 5.41) is 0.432. The minimum absolute atomic E-state index is 0.198. The van der Waals surface area contributed by atoms with Gasteiger partial charge in [0.2, 0.25) is 0 Å². The first-order valence-corrected chi connectivity index (χ1v) is 7.88. The molecule has 0 unspecified atom stereocenters. The van der Waals surface area contributed by atoms with Gasteiger partial charge in [0.1, 0.15) is 16.5 Å². The van der Waals surface area contributed by atoms with Crippen LogP contribution in [-0.2, 0) is 10.0 Å². The van der Waals surface area contributed by atoms with Crippen molar-refractivity contribution in [3.63, 3.8) is 0 Å². The van der Waals surface area contributed by atoms with Crippen LogP contribution in [0.15, 0.2) is 45.8 Å². The molecule has 106 valence electrons. The lowest BCUT2D eigenvalue weighted by molar-refractivity contribution is 0.548. The van der Waals surface area contributed by atoms with Crippen molar-refractivity contribution in [2.45, 2.75) is 4.90 Å². The summed E-state index contributed by atoms with van der Waals surface area (Å²) in [7, 11) is -4.19. The molecule has 2 aromatic carbocycles. The van der Waals surface area contributed by atoms with E-state index in [4.69, 9.17) is 11.6 Å². The Hall–Kier alpha value is -1.18. The average molecular weight is 383 g/mol. The van der Waals surface area contributed by atoms with Gasteiger partial charge in [0.15, 0.2) is 0 Å². The van der Waals surface area contributed by atoms with Gasteiger partial charge in [-0.15, -0.1) is 0 Å². The SMILES string of the molecule is O=S(=O)(Nc1ccc(Cl)cc1)c1c(F)cc(F)cc1Br. The minimum Gasteiger partial charge on any atom is -0.280 e. The van der Waals surface area contributed by atoms with Gasteiger partial charge in [0, 0.05) is 21.2 Å². The number of sulfonamides is 1. The Kier molecular flexibility index (Phi) is 4.31. The number of anilines is 1. The molecule has 0 amide bonds. The largest absolute Gasteiger partial charge is 0.280 e. The number of halogens is 4. The van der Waals surface area contributed by atoms with Gasteiger partial charge in [0.05, 0.1) is 0 Å². The fourth-order valence-electron chi connectivity index (χ4n) is 1.51. The molecule has 2 rings (SSSR count). The van der Waals surface area contributed by atoms with Crippen molar-refractivity contribution in [2.75, 3.05) is 4.72 Å². The Labute approximate surface area is 127 Å². The molecule has 1 N–H and O–H groups in total. The Morgan fingerprint density at radius 3 is 2.25 bits per heavy atom. The topological polar surface area (TPSA) is 46.2 Å². The van der Waals surface area contributed by atoms with E-state index in [-0.39, 0.29) is 10.2 Å². The van der Waals surface area contributed by atoms with Crippen molar-refractivity contribution in [2.24, 2.45) is 0 Å². The van der Waals surface area contributed by atoms with Crippen molar-refractivity contribution in [1.29, 1.82) is 0 Å². The number of hydrogen-bond donors (Lipinski definition) is 1. The molecule has 0 heterocycles. The normalized spacial score (nSPS) is 11.4. The summed E-state index contributed by atoms with van der Waals surface area (Å²) >= 11 is 8.52. The minimum atomic E-state index is -4.19. The van der Waals surface area contributed by atoms with E-state index in [2.05, 4.69) is 20.7 Å². The van der Waals surface area contributed by atoms with Crippen LogP contribution in [0.1, 0.15) is 0 Å². The lowest BCUT2D eigenvalue weighted by atomic mass is 10.3. The van der Waals surface area contributed by atoms with Gasteiger partial charge in [-0.05, 0) is 46.3 Å². The van der Waals surface area contributed by atoms with Gasteiger partial charge in [-0.25, -0.2) is 17.2 Å². The molecule has 0 aromatic heterocycles. The van der Waals surface area contributed by atoms with Crippen molar-refractivity contribution < 1.29 is 17.2 Å². The average Bonchev–Trinajstić information content (AvgIpc) is 2.30. The Morgan fingerprint density at radius 1 is 1.10 bits per heavy atom. The maximum atomic E-state index is 13.7. The molecule has 0 radical (unpaired) electrons. The summed E-state index contributed by atoms with van der Waals surface area (Å²) < 4.78 is 52.8. The molecule has 0 bridgehead atoms. The number of benzene rings is 2. The lowest BCUT2D eigenvalue weighted by Gasteiger charge is -2.10. The molecule has 0 aliphatic heterocycles. The monoisotopic (exact) mass is 381 g/mol. The fourth-order valence-corrected chi connectivity index (χ4v) is 3.86. The molecule has 8 heteroatoms. The van der Waals surface area contributed by atoms with Crippen LogP contribution in [0.2, 0.25) is 5.02 Å². The zero-order chi connectivity index (χ0) is 14.9. The fraction of sp³-hybridized carbons (Fsp3) is 0. The molecule has 0 fully saturated rings. The van der Waals surface area contributed by atoms with E-state index < -0.39 is 26.6 Å². The summed E-state index contributed by atoms with van der Waals surface area (Å²) in [4.78, 5) is -0.658. The van der Waals surface area contributed by atoms with Gasteiger partial charge in [-0.2, -0.15) is 0 Å². The summed E-state index contributed by atoms with van der Waals surface area (Å²) in [6, 6.07) is 7.19. The van der Waals surface area contributed by atoms with E-state index in [9.17, 15) is 17.2 Å². The Bertz CT molecular complexity index is 728. The summed E-state index contributed by atoms with van der Waals surface area (Å²) in [6.07, 6.45) is 0. The number of nitrogens with one attached hydrogen (secondary N) is 1. The molecule has 0 saturated carbocycles. The maximum Gasteiger partial charge on any atom is 0.265 e. The van der Waals surface area contributed by atoms with E-state index in [1.54, 1.807) is 0 Å². The Morgan fingerprint density at radius 2 is 1.70 bits per heavy atom. The van der Waals surface area contributed by atoms with Crippen LogP contribution in [-0.4, -0.2) is 8.42 Å². The van der Waals surface area contributed by atoms with Crippen LogP contribution in [0.4, 0.5) is 14.5 Å². The molecular formula is C12H7BrClF2NO2S. The van der Waals surface area contributed by atoms with E-state index in [1.165, 1.54) is 24.3 Å². The second kappa shape index (κ2) is 5.67. The lowest BCUT2D eigenvalue weighted by Crippen LogP contribution is -2.15. The second-order valence-electron chi connectivity index (χ2n) is 3.81. The van der Waals surface area contributed by atoms with E-state index in [0.29, 0.717) is 11.1 Å². The van der Waals surface area contributed by atoms with E-state index in [1.807, 2.05) is 0 Å². The van der Waals surface area contributed by atoms with Crippen molar-refractivity contribution in [3.05, 3.63) is 57.5 Å². The van der Waals surface area contributed by atoms with Crippen molar-refractivity contribution >= 4 is 43.2 Å². The second-order valence-corrected chi connectivity index (χ2v) is 6.72. The predicted molar refractivity (Wildman–Crippen MR) is 76.3 cm³/mol. The highest BCUT2D eigenvalue weighted by molar-refractivity contribution is 9.10. The third kappa shape index (κ3) is 3.28. The zero-order valence-corrected chi connectivity index (χ0v) is 12.9. The summed E-state index contributed by atoms with van der Waals surface area (Å²) in [5.74, 6) is -2.06. The molecule has 0 aliphatic rings. The Balaban J connectivity index is 2.43. The zero-order valence-electron chi connectivity index (χ0n) is 9.70. The summed E-state index contributed by atoms with van der Waals surface area (Å²) in [5.41, 5.74) is 0.213. The smallest absolute Gasteiger partial charge is 0.265 e. The van der Waals surface area contributed by atoms with Crippen molar-refractivity contribution in [3.8, 4) is 0 Å². The molecule has 2 aromatic rings. The molecule has 3 nitrogen and oxygen atoms in total. The third-order valence-electron chi connectivity index (χ3n) is 2.33. The molecule has 0 atom stereocenters. The van der Waals surface area contributed by atoms with E-state index in [0.717, 1.165) is 6.07 Å². The summed E-state index contributed by atoms with van der Waals surface area (Å²) in [6.45, 7) is 0. The van der Waals surface area contributed by atoms with Crippen LogP contribution in [0.5, 0.6) is 0 Å². The van der Waals surface area contributed by atoms with Gasteiger partial charge in [-0.3, -0.25) is 4.72 Å².